The van der Waals surface area contributed by atoms with Crippen LogP contribution < -0.4 is 9.47 Å². The molecule has 3 aromatic heterocycles. The quantitative estimate of drug-likeness (QED) is 0.173. The number of aromatic nitrogens is 4. The van der Waals surface area contributed by atoms with E-state index in [9.17, 15) is 0 Å². The summed E-state index contributed by atoms with van der Waals surface area (Å²) < 4.78 is 16.4. The monoisotopic (exact) mass is 606 g/mol. The molecule has 6 heteroatoms. The summed E-state index contributed by atoms with van der Waals surface area (Å²) in [5.74, 6) is 3.03. The highest BCUT2D eigenvalue weighted by Gasteiger charge is 2.29. The first-order valence-corrected chi connectivity index (χ1v) is 15.9. The molecule has 0 N–H and O–H groups in total. The Hall–Kier alpha value is -5.36. The lowest BCUT2D eigenvalue weighted by atomic mass is 9.85. The van der Waals surface area contributed by atoms with Gasteiger partial charge < -0.3 is 9.47 Å². The van der Waals surface area contributed by atoms with E-state index in [1.165, 1.54) is 16.8 Å². The molecule has 0 amide bonds. The van der Waals surface area contributed by atoms with Gasteiger partial charge in [0.2, 0.25) is 0 Å². The van der Waals surface area contributed by atoms with Gasteiger partial charge in [-0.05, 0) is 48.4 Å². The minimum Gasteiger partial charge on any atom is -0.497 e. The minimum absolute atomic E-state index is 0.145. The van der Waals surface area contributed by atoms with Crippen LogP contribution in [0.2, 0.25) is 0 Å². The van der Waals surface area contributed by atoms with Crippen molar-refractivity contribution in [3.8, 4) is 39.9 Å². The molecule has 230 valence electrons. The Morgan fingerprint density at radius 3 is 2.26 bits per heavy atom. The zero-order chi connectivity index (χ0) is 31.8. The van der Waals surface area contributed by atoms with Gasteiger partial charge in [0, 0.05) is 46.1 Å². The van der Waals surface area contributed by atoms with Crippen molar-refractivity contribution in [2.24, 2.45) is 0 Å². The molecular formula is C40H38N4O2. The van der Waals surface area contributed by atoms with E-state index in [1.54, 1.807) is 13.3 Å². The predicted molar refractivity (Wildman–Crippen MR) is 187 cm³/mol. The van der Waals surface area contributed by atoms with Crippen LogP contribution in [0.25, 0.3) is 44.4 Å². The Morgan fingerprint density at radius 2 is 1.48 bits per heavy atom. The highest BCUT2D eigenvalue weighted by Crippen LogP contribution is 2.39. The first kappa shape index (κ1) is 29.4. The Bertz CT molecular complexity index is 2170. The zero-order valence-corrected chi connectivity index (χ0v) is 27.0. The summed E-state index contributed by atoms with van der Waals surface area (Å²) in [7, 11) is 1.67. The molecule has 0 spiro atoms. The van der Waals surface area contributed by atoms with Gasteiger partial charge in [-0.15, -0.1) is 0 Å². The molecular weight excluding hydrogens is 568 g/mol. The molecule has 0 saturated carbocycles. The van der Waals surface area contributed by atoms with Gasteiger partial charge in [0.25, 0.3) is 0 Å². The summed E-state index contributed by atoms with van der Waals surface area (Å²) >= 11 is 0. The summed E-state index contributed by atoms with van der Waals surface area (Å²) in [5.41, 5.74) is 7.64. The van der Waals surface area contributed by atoms with E-state index < -0.39 is 0 Å². The first-order valence-electron chi connectivity index (χ1n) is 15.9. The second-order valence-electron chi connectivity index (χ2n) is 12.6. The van der Waals surface area contributed by atoms with Gasteiger partial charge in [0.1, 0.15) is 23.1 Å². The number of para-hydroxylation sites is 1. The van der Waals surface area contributed by atoms with Crippen LogP contribution in [0, 0.1) is 0 Å². The van der Waals surface area contributed by atoms with Gasteiger partial charge in [-0.25, -0.2) is 9.67 Å². The summed E-state index contributed by atoms with van der Waals surface area (Å²) in [6.07, 6.45) is 3.71. The number of methoxy groups -OCH3 is 1. The molecule has 0 saturated heterocycles. The highest BCUT2D eigenvalue weighted by atomic mass is 16.5. The molecule has 0 bridgehead atoms. The fourth-order valence-electron chi connectivity index (χ4n) is 6.39. The number of rotatable bonds is 8. The van der Waals surface area contributed by atoms with Gasteiger partial charge >= 0.3 is 0 Å². The molecule has 0 aliphatic heterocycles. The molecule has 6 nitrogen and oxygen atoms in total. The van der Waals surface area contributed by atoms with Gasteiger partial charge in [-0.1, -0.05) is 88.7 Å². The third-order valence-electron chi connectivity index (χ3n) is 8.34. The third kappa shape index (κ3) is 5.30. The Balaban J connectivity index is 1.32. The van der Waals surface area contributed by atoms with Gasteiger partial charge in [-0.3, -0.25) is 4.57 Å². The summed E-state index contributed by atoms with van der Waals surface area (Å²) in [6.45, 7) is 8.98. The van der Waals surface area contributed by atoms with Crippen LogP contribution in [0.3, 0.4) is 0 Å². The maximum Gasteiger partial charge on any atom is 0.141 e. The smallest absolute Gasteiger partial charge is 0.141 e. The average Bonchev–Trinajstić information content (AvgIpc) is 3.62. The number of hydrogen-bond acceptors (Lipinski definition) is 4. The normalized spacial score (nSPS) is 11.8. The number of hydrogen-bond donors (Lipinski definition) is 0. The van der Waals surface area contributed by atoms with E-state index in [4.69, 9.17) is 19.6 Å². The van der Waals surface area contributed by atoms with Crippen LogP contribution >= 0.6 is 0 Å². The molecule has 0 unspecified atom stereocenters. The van der Waals surface area contributed by atoms with Crippen molar-refractivity contribution in [2.45, 2.75) is 46.0 Å². The highest BCUT2D eigenvalue weighted by molar-refractivity contribution is 6.09. The zero-order valence-electron chi connectivity index (χ0n) is 27.0. The molecule has 7 aromatic rings. The van der Waals surface area contributed by atoms with E-state index in [-0.39, 0.29) is 5.41 Å². The Morgan fingerprint density at radius 1 is 0.717 bits per heavy atom. The van der Waals surface area contributed by atoms with Crippen molar-refractivity contribution in [3.05, 3.63) is 127 Å². The number of nitrogens with zero attached hydrogens (tertiary/aromatic N) is 4. The van der Waals surface area contributed by atoms with E-state index in [2.05, 4.69) is 116 Å². The first-order chi connectivity index (χ1) is 22.4. The lowest BCUT2D eigenvalue weighted by Gasteiger charge is -2.23. The van der Waals surface area contributed by atoms with E-state index in [0.717, 1.165) is 69.1 Å². The number of aryl methyl sites for hydroxylation is 1. The second-order valence-corrected chi connectivity index (χ2v) is 12.6. The van der Waals surface area contributed by atoms with E-state index >= 15 is 0 Å². The lowest BCUT2D eigenvalue weighted by molar-refractivity contribution is 0.414. The maximum absolute atomic E-state index is 6.58. The van der Waals surface area contributed by atoms with E-state index in [0.29, 0.717) is 0 Å². The van der Waals surface area contributed by atoms with Crippen molar-refractivity contribution < 1.29 is 9.47 Å². The summed E-state index contributed by atoms with van der Waals surface area (Å²) in [6, 6.07) is 37.3. The molecule has 46 heavy (non-hydrogen) atoms. The molecule has 0 atom stereocenters. The molecule has 0 aliphatic rings. The van der Waals surface area contributed by atoms with Crippen molar-refractivity contribution in [1.29, 1.82) is 0 Å². The van der Waals surface area contributed by atoms with Crippen LogP contribution in [0.5, 0.6) is 17.2 Å². The maximum atomic E-state index is 6.58. The van der Waals surface area contributed by atoms with Crippen molar-refractivity contribution in [2.75, 3.05) is 7.11 Å². The van der Waals surface area contributed by atoms with Crippen LogP contribution in [-0.2, 0) is 11.8 Å². The van der Waals surface area contributed by atoms with Gasteiger partial charge in [0.15, 0.2) is 0 Å². The lowest BCUT2D eigenvalue weighted by Crippen LogP contribution is -2.18. The van der Waals surface area contributed by atoms with Crippen LogP contribution in [-0.4, -0.2) is 26.4 Å². The summed E-state index contributed by atoms with van der Waals surface area (Å²) in [5, 5.41) is 7.51. The SMILES string of the molecule is CCCc1nn(-c2cccc(Oc3ccc4c5ccccc5n(-c5cc(OC)ccn5)c4c3)c2)c(C(C)(C)C)c1-c1ccccc1. The van der Waals surface area contributed by atoms with Gasteiger partial charge in [-0.2, -0.15) is 5.10 Å². The standard InChI is InChI=1S/C40H38N4O2/c1-6-13-34-38(27-14-8-7-9-15-27)39(40(2,3)4)44(42-34)28-16-12-17-30(24-28)46-31-20-21-33-32-18-10-11-19-35(32)43(36(33)25-31)37-26-29(45-5)22-23-41-37/h7-12,14-26H,6,13H2,1-5H3. The fraction of sp³-hybridized carbons (Fsp3) is 0.200. The fourth-order valence-corrected chi connectivity index (χ4v) is 6.39. The third-order valence-corrected chi connectivity index (χ3v) is 8.34. The number of pyridine rings is 1. The topological polar surface area (TPSA) is 54.1 Å². The number of benzene rings is 4. The Labute approximate surface area is 269 Å². The Kier molecular flexibility index (Phi) is 7.57. The molecule has 0 aliphatic carbocycles. The summed E-state index contributed by atoms with van der Waals surface area (Å²) in [4.78, 5) is 4.69. The second kappa shape index (κ2) is 11.9. The molecule has 7 rings (SSSR count). The van der Waals surface area contributed by atoms with Crippen molar-refractivity contribution >= 4 is 21.8 Å². The van der Waals surface area contributed by atoms with Crippen LogP contribution in [0.15, 0.2) is 115 Å². The molecule has 0 fully saturated rings. The van der Waals surface area contributed by atoms with Crippen molar-refractivity contribution in [3.63, 3.8) is 0 Å². The van der Waals surface area contributed by atoms with Crippen LogP contribution in [0.4, 0.5) is 0 Å². The minimum atomic E-state index is -0.145. The number of ether oxygens (including phenoxy) is 2. The molecule has 3 heterocycles. The molecule has 4 aromatic carbocycles. The predicted octanol–water partition coefficient (Wildman–Crippen LogP) is 10.1. The van der Waals surface area contributed by atoms with Crippen LogP contribution in [0.1, 0.15) is 45.5 Å². The number of fused-ring (bicyclic) bond motifs is 3. The molecule has 0 radical (unpaired) electrons. The average molecular weight is 607 g/mol. The largest absolute Gasteiger partial charge is 0.497 e. The van der Waals surface area contributed by atoms with Crippen molar-refractivity contribution in [1.82, 2.24) is 19.3 Å². The van der Waals surface area contributed by atoms with E-state index in [1.807, 2.05) is 30.3 Å². The van der Waals surface area contributed by atoms with Gasteiger partial charge in [0.05, 0.1) is 35.2 Å².